The number of benzene rings is 1. The molecule has 0 spiro atoms. The van der Waals surface area contributed by atoms with Crippen LogP contribution >= 0.6 is 0 Å². The zero-order chi connectivity index (χ0) is 12.3. The predicted octanol–water partition coefficient (Wildman–Crippen LogP) is 1.64. The van der Waals surface area contributed by atoms with Crippen LogP contribution in [0.2, 0.25) is 0 Å². The van der Waals surface area contributed by atoms with Crippen molar-refractivity contribution in [2.24, 2.45) is 5.73 Å². The highest BCUT2D eigenvalue weighted by Gasteiger charge is 2.06. The minimum absolute atomic E-state index is 0.582. The van der Waals surface area contributed by atoms with Crippen LogP contribution in [0.3, 0.4) is 0 Å². The number of nitrogens with two attached hydrogens (primary N) is 1. The molecule has 0 bridgehead atoms. The van der Waals surface area contributed by atoms with Crippen LogP contribution in [0.4, 0.5) is 0 Å². The van der Waals surface area contributed by atoms with E-state index in [1.165, 1.54) is 5.56 Å². The molecule has 0 saturated heterocycles. The minimum atomic E-state index is 0.582. The Labute approximate surface area is 101 Å². The Balaban J connectivity index is 2.31. The molecule has 90 valence electrons. The van der Waals surface area contributed by atoms with Crippen LogP contribution in [0.15, 0.2) is 24.3 Å². The summed E-state index contributed by atoms with van der Waals surface area (Å²) in [6.45, 7) is 4.69. The molecule has 0 aliphatic rings. The molecule has 0 fully saturated rings. The van der Waals surface area contributed by atoms with Gasteiger partial charge >= 0.3 is 0 Å². The maximum Gasteiger partial charge on any atom is 0.152 e. The summed E-state index contributed by atoms with van der Waals surface area (Å²) in [4.78, 5) is 4.39. The highest BCUT2D eigenvalue weighted by Crippen LogP contribution is 2.11. The van der Waals surface area contributed by atoms with E-state index in [4.69, 9.17) is 5.73 Å². The summed E-state index contributed by atoms with van der Waals surface area (Å²) in [7, 11) is 0. The van der Waals surface area contributed by atoms with Gasteiger partial charge in [-0.3, -0.25) is 0 Å². The number of nitrogens with zero attached hydrogens (tertiary/aromatic N) is 3. The molecule has 2 N–H and O–H groups in total. The van der Waals surface area contributed by atoms with Gasteiger partial charge in [-0.2, -0.15) is 5.10 Å². The second kappa shape index (κ2) is 5.10. The van der Waals surface area contributed by atoms with Crippen LogP contribution in [0.25, 0.3) is 5.69 Å². The van der Waals surface area contributed by atoms with E-state index in [1.807, 2.05) is 11.6 Å². The van der Waals surface area contributed by atoms with Crippen LogP contribution in [0.1, 0.15) is 24.1 Å². The summed E-state index contributed by atoms with van der Waals surface area (Å²) in [5.74, 6) is 1.71. The summed E-state index contributed by atoms with van der Waals surface area (Å²) in [6.07, 6.45) is 1.77. The monoisotopic (exact) mass is 230 g/mol. The van der Waals surface area contributed by atoms with Gasteiger partial charge in [-0.25, -0.2) is 9.67 Å². The van der Waals surface area contributed by atoms with E-state index in [-0.39, 0.29) is 0 Å². The van der Waals surface area contributed by atoms with Gasteiger partial charge in [-0.05, 0) is 37.6 Å². The average Bonchev–Trinajstić information content (AvgIpc) is 2.71. The maximum absolute atomic E-state index is 5.51. The van der Waals surface area contributed by atoms with Crippen molar-refractivity contribution in [1.29, 1.82) is 0 Å². The second-order valence-electron chi connectivity index (χ2n) is 4.05. The van der Waals surface area contributed by atoms with Crippen molar-refractivity contribution in [1.82, 2.24) is 14.8 Å². The molecule has 1 heterocycles. The molecule has 0 aliphatic heterocycles. The van der Waals surface area contributed by atoms with Gasteiger partial charge in [-0.15, -0.1) is 0 Å². The highest BCUT2D eigenvalue weighted by atomic mass is 15.3. The van der Waals surface area contributed by atoms with Gasteiger partial charge in [0.1, 0.15) is 5.82 Å². The fourth-order valence-corrected chi connectivity index (χ4v) is 1.80. The molecule has 4 heteroatoms. The van der Waals surface area contributed by atoms with Crippen molar-refractivity contribution < 1.29 is 0 Å². The minimum Gasteiger partial charge on any atom is -0.330 e. The summed E-state index contributed by atoms with van der Waals surface area (Å²) in [6, 6.07) is 8.40. The molecule has 0 radical (unpaired) electrons. The lowest BCUT2D eigenvalue weighted by Gasteiger charge is -2.03. The van der Waals surface area contributed by atoms with Crippen LogP contribution < -0.4 is 5.73 Å². The first-order valence-electron chi connectivity index (χ1n) is 5.96. The van der Waals surface area contributed by atoms with Gasteiger partial charge in [0, 0.05) is 6.42 Å². The molecule has 2 rings (SSSR count). The molecule has 17 heavy (non-hydrogen) atoms. The Hall–Kier alpha value is -1.68. The van der Waals surface area contributed by atoms with Crippen molar-refractivity contribution in [3.8, 4) is 5.69 Å². The van der Waals surface area contributed by atoms with Crippen molar-refractivity contribution in [3.05, 3.63) is 41.5 Å². The molecule has 4 nitrogen and oxygen atoms in total. The van der Waals surface area contributed by atoms with E-state index < -0.39 is 0 Å². The Bertz CT molecular complexity index is 485. The molecule has 0 saturated carbocycles. The van der Waals surface area contributed by atoms with Crippen LogP contribution in [0.5, 0.6) is 0 Å². The van der Waals surface area contributed by atoms with Gasteiger partial charge in [0.05, 0.1) is 5.69 Å². The van der Waals surface area contributed by atoms with Crippen LogP contribution in [0, 0.1) is 6.92 Å². The molecule has 0 amide bonds. The smallest absolute Gasteiger partial charge is 0.152 e. The molecule has 2 aromatic rings. The lowest BCUT2D eigenvalue weighted by atomic mass is 10.1. The zero-order valence-electron chi connectivity index (χ0n) is 10.3. The number of hydrogen-bond acceptors (Lipinski definition) is 3. The number of aromatic nitrogens is 3. The Morgan fingerprint density at radius 2 is 1.94 bits per heavy atom. The Morgan fingerprint density at radius 1 is 1.24 bits per heavy atom. The van der Waals surface area contributed by atoms with E-state index in [1.54, 1.807) is 0 Å². The number of hydrogen-bond donors (Lipinski definition) is 1. The third-order valence-electron chi connectivity index (χ3n) is 2.77. The second-order valence-corrected chi connectivity index (χ2v) is 4.05. The van der Waals surface area contributed by atoms with Crippen LogP contribution in [-0.2, 0) is 12.8 Å². The third kappa shape index (κ3) is 2.53. The van der Waals surface area contributed by atoms with E-state index in [0.717, 1.165) is 30.2 Å². The normalized spacial score (nSPS) is 10.8. The predicted molar refractivity (Wildman–Crippen MR) is 68.2 cm³/mol. The van der Waals surface area contributed by atoms with E-state index in [2.05, 4.69) is 41.3 Å². The maximum atomic E-state index is 5.51. The van der Waals surface area contributed by atoms with Gasteiger partial charge in [0.2, 0.25) is 0 Å². The molecule has 0 unspecified atom stereocenters. The Kier molecular flexibility index (Phi) is 3.54. The first kappa shape index (κ1) is 11.8. The van der Waals surface area contributed by atoms with Crippen LogP contribution in [-0.4, -0.2) is 21.3 Å². The van der Waals surface area contributed by atoms with Gasteiger partial charge in [0.25, 0.3) is 0 Å². The zero-order valence-corrected chi connectivity index (χ0v) is 10.3. The van der Waals surface area contributed by atoms with E-state index in [0.29, 0.717) is 6.54 Å². The Morgan fingerprint density at radius 3 is 2.53 bits per heavy atom. The quantitative estimate of drug-likeness (QED) is 0.868. The van der Waals surface area contributed by atoms with Crippen molar-refractivity contribution >= 4 is 0 Å². The fourth-order valence-electron chi connectivity index (χ4n) is 1.80. The number of rotatable bonds is 4. The fraction of sp³-hybridized carbons (Fsp3) is 0.385. The summed E-state index contributed by atoms with van der Waals surface area (Å²) < 4.78 is 1.87. The van der Waals surface area contributed by atoms with Crippen molar-refractivity contribution in [3.63, 3.8) is 0 Å². The summed E-state index contributed by atoms with van der Waals surface area (Å²) >= 11 is 0. The summed E-state index contributed by atoms with van der Waals surface area (Å²) in [5.41, 5.74) is 7.89. The molecule has 1 aromatic heterocycles. The first-order chi connectivity index (χ1) is 8.24. The third-order valence-corrected chi connectivity index (χ3v) is 2.77. The lowest BCUT2D eigenvalue weighted by molar-refractivity contribution is 0.803. The average molecular weight is 230 g/mol. The van der Waals surface area contributed by atoms with Gasteiger partial charge < -0.3 is 5.73 Å². The topological polar surface area (TPSA) is 56.7 Å². The van der Waals surface area contributed by atoms with Crippen molar-refractivity contribution in [2.45, 2.75) is 26.7 Å². The molecule has 0 atom stereocenters. The molecule has 0 aliphatic carbocycles. The standard InChI is InChI=1S/C13H18N4/c1-3-11-4-6-12(7-5-11)17-10(2)15-13(16-17)8-9-14/h4-7H,3,8-9,14H2,1-2H3. The molecular formula is C13H18N4. The first-order valence-corrected chi connectivity index (χ1v) is 5.96. The largest absolute Gasteiger partial charge is 0.330 e. The lowest BCUT2D eigenvalue weighted by Crippen LogP contribution is -2.05. The highest BCUT2D eigenvalue weighted by molar-refractivity contribution is 5.34. The van der Waals surface area contributed by atoms with E-state index >= 15 is 0 Å². The number of aryl methyl sites for hydroxylation is 2. The van der Waals surface area contributed by atoms with Gasteiger partial charge in [-0.1, -0.05) is 19.1 Å². The van der Waals surface area contributed by atoms with E-state index in [9.17, 15) is 0 Å². The van der Waals surface area contributed by atoms with Gasteiger partial charge in [0.15, 0.2) is 5.82 Å². The van der Waals surface area contributed by atoms with Crippen molar-refractivity contribution in [2.75, 3.05) is 6.54 Å². The summed E-state index contributed by atoms with van der Waals surface area (Å²) in [5, 5.41) is 4.45. The SMILES string of the molecule is CCc1ccc(-n2nc(CCN)nc2C)cc1. The molecular weight excluding hydrogens is 212 g/mol. The molecule has 1 aromatic carbocycles.